The maximum absolute atomic E-state index is 12.1. The Kier molecular flexibility index (Phi) is 5.37. The van der Waals surface area contributed by atoms with Gasteiger partial charge in [0, 0.05) is 19.7 Å². The highest BCUT2D eigenvalue weighted by Gasteiger charge is 2.31. The van der Waals surface area contributed by atoms with Gasteiger partial charge < -0.3 is 9.47 Å². The van der Waals surface area contributed by atoms with Crippen LogP contribution < -0.4 is 9.46 Å². The minimum atomic E-state index is -4.87. The molecular weight excluding hydrogens is 299 g/mol. The van der Waals surface area contributed by atoms with Gasteiger partial charge in [0.05, 0.1) is 11.0 Å². The predicted molar refractivity (Wildman–Crippen MR) is 64.8 cm³/mol. The summed E-state index contributed by atoms with van der Waals surface area (Å²) in [6.07, 6.45) is -5.24. The number of alkyl halides is 3. The summed E-state index contributed by atoms with van der Waals surface area (Å²) in [6, 6.07) is 4.15. The second kappa shape index (κ2) is 6.42. The zero-order chi connectivity index (χ0) is 15.4. The third-order valence-corrected chi connectivity index (χ3v) is 3.73. The van der Waals surface area contributed by atoms with E-state index in [-0.39, 0.29) is 17.5 Å². The Bertz CT molecular complexity index is 545. The van der Waals surface area contributed by atoms with Crippen molar-refractivity contribution in [2.45, 2.75) is 24.3 Å². The molecule has 0 aliphatic heterocycles. The third kappa shape index (κ3) is 5.35. The number of halogens is 3. The van der Waals surface area contributed by atoms with Crippen LogP contribution in [0, 0.1) is 0 Å². The highest BCUT2D eigenvalue weighted by atomic mass is 32.2. The summed E-state index contributed by atoms with van der Waals surface area (Å²) < 4.78 is 70.7. The van der Waals surface area contributed by atoms with Crippen LogP contribution in [-0.2, 0) is 14.8 Å². The first kappa shape index (κ1) is 16.7. The number of methoxy groups -OCH3 is 1. The Morgan fingerprint density at radius 3 is 2.55 bits per heavy atom. The van der Waals surface area contributed by atoms with Crippen molar-refractivity contribution in [2.24, 2.45) is 0 Å². The van der Waals surface area contributed by atoms with Crippen molar-refractivity contribution >= 4 is 10.0 Å². The molecule has 1 aromatic rings. The van der Waals surface area contributed by atoms with E-state index in [1.807, 2.05) is 0 Å². The van der Waals surface area contributed by atoms with Crippen molar-refractivity contribution in [3.8, 4) is 5.75 Å². The average molecular weight is 313 g/mol. The van der Waals surface area contributed by atoms with Crippen molar-refractivity contribution in [1.82, 2.24) is 4.72 Å². The van der Waals surface area contributed by atoms with Crippen molar-refractivity contribution in [1.29, 1.82) is 0 Å². The molecule has 1 atom stereocenters. The fourth-order valence-corrected chi connectivity index (χ4v) is 2.38. The largest absolute Gasteiger partial charge is 0.573 e. The number of hydrogen-bond acceptors (Lipinski definition) is 4. The standard InChI is InChI=1S/C11H14F3NO4S/c1-8(18-2)7-15-20(16,17)10-5-3-4-9(6-10)19-11(12,13)14/h3-6,8,15H,7H2,1-2H3. The minimum absolute atomic E-state index is 0.00316. The SMILES string of the molecule is COC(C)CNS(=O)(=O)c1cccc(OC(F)(F)F)c1. The number of sulfonamides is 1. The lowest BCUT2D eigenvalue weighted by Gasteiger charge is -2.13. The number of nitrogens with one attached hydrogen (secondary N) is 1. The molecule has 0 aliphatic carbocycles. The summed E-state index contributed by atoms with van der Waals surface area (Å²) in [7, 11) is -2.51. The van der Waals surface area contributed by atoms with Crippen LogP contribution in [0.3, 0.4) is 0 Å². The molecule has 114 valence electrons. The molecule has 0 saturated heterocycles. The lowest BCUT2D eigenvalue weighted by atomic mass is 10.3. The van der Waals surface area contributed by atoms with Crippen LogP contribution in [0.1, 0.15) is 6.92 Å². The van der Waals surface area contributed by atoms with E-state index in [0.29, 0.717) is 0 Å². The highest BCUT2D eigenvalue weighted by Crippen LogP contribution is 2.24. The van der Waals surface area contributed by atoms with E-state index in [1.165, 1.54) is 13.2 Å². The molecular formula is C11H14F3NO4S. The monoisotopic (exact) mass is 313 g/mol. The molecule has 9 heteroatoms. The average Bonchev–Trinajstić information content (AvgIpc) is 2.34. The van der Waals surface area contributed by atoms with Gasteiger partial charge in [0.15, 0.2) is 0 Å². The Morgan fingerprint density at radius 2 is 2.00 bits per heavy atom. The first-order chi connectivity index (χ1) is 9.14. The van der Waals surface area contributed by atoms with E-state index in [1.54, 1.807) is 6.92 Å². The molecule has 1 aromatic carbocycles. The van der Waals surface area contributed by atoms with Crippen molar-refractivity contribution < 1.29 is 31.1 Å². The molecule has 0 radical (unpaired) electrons. The van der Waals surface area contributed by atoms with Gasteiger partial charge in [-0.15, -0.1) is 13.2 Å². The molecule has 1 rings (SSSR count). The van der Waals surface area contributed by atoms with Crippen molar-refractivity contribution in [3.63, 3.8) is 0 Å². The molecule has 0 bridgehead atoms. The van der Waals surface area contributed by atoms with Crippen LogP contribution in [0.2, 0.25) is 0 Å². The third-order valence-electron chi connectivity index (χ3n) is 2.31. The summed E-state index contributed by atoms with van der Waals surface area (Å²) >= 11 is 0. The predicted octanol–water partition coefficient (Wildman–Crippen LogP) is 1.90. The minimum Gasteiger partial charge on any atom is -0.406 e. The fraction of sp³-hybridized carbons (Fsp3) is 0.455. The van der Waals surface area contributed by atoms with Gasteiger partial charge >= 0.3 is 6.36 Å². The van der Waals surface area contributed by atoms with Gasteiger partial charge in [0.25, 0.3) is 0 Å². The molecule has 5 nitrogen and oxygen atoms in total. The Morgan fingerprint density at radius 1 is 1.35 bits per heavy atom. The number of benzene rings is 1. The zero-order valence-electron chi connectivity index (χ0n) is 10.8. The van der Waals surface area contributed by atoms with Gasteiger partial charge in [-0.2, -0.15) is 0 Å². The Balaban J connectivity index is 2.88. The van der Waals surface area contributed by atoms with Crippen LogP contribution in [0.15, 0.2) is 29.2 Å². The molecule has 0 spiro atoms. The Hall–Kier alpha value is -1.32. The van der Waals surface area contributed by atoms with Crippen molar-refractivity contribution in [2.75, 3.05) is 13.7 Å². The first-order valence-corrected chi connectivity index (χ1v) is 7.00. The maximum atomic E-state index is 12.1. The summed E-state index contributed by atoms with van der Waals surface area (Å²) in [6.45, 7) is 1.65. The van der Waals surface area contributed by atoms with E-state index >= 15 is 0 Å². The maximum Gasteiger partial charge on any atom is 0.573 e. The molecule has 0 aliphatic rings. The van der Waals surface area contributed by atoms with E-state index in [2.05, 4.69) is 9.46 Å². The van der Waals surface area contributed by atoms with E-state index < -0.39 is 22.1 Å². The van der Waals surface area contributed by atoms with Crippen LogP contribution in [0.5, 0.6) is 5.75 Å². The van der Waals surface area contributed by atoms with Crippen LogP contribution in [0.25, 0.3) is 0 Å². The van der Waals surface area contributed by atoms with Crippen LogP contribution >= 0.6 is 0 Å². The normalized spacial score (nSPS) is 14.1. The lowest BCUT2D eigenvalue weighted by molar-refractivity contribution is -0.274. The molecule has 0 heterocycles. The van der Waals surface area contributed by atoms with Gasteiger partial charge in [-0.3, -0.25) is 0 Å². The molecule has 1 unspecified atom stereocenters. The number of rotatable bonds is 6. The summed E-state index contributed by atoms with van der Waals surface area (Å²) in [5, 5.41) is 0. The first-order valence-electron chi connectivity index (χ1n) is 5.52. The van der Waals surface area contributed by atoms with Gasteiger partial charge in [0.2, 0.25) is 10.0 Å². The second-order valence-electron chi connectivity index (χ2n) is 3.92. The highest BCUT2D eigenvalue weighted by molar-refractivity contribution is 7.89. The second-order valence-corrected chi connectivity index (χ2v) is 5.69. The quantitative estimate of drug-likeness (QED) is 0.871. The molecule has 0 aromatic heterocycles. The molecule has 0 saturated carbocycles. The fourth-order valence-electron chi connectivity index (χ4n) is 1.23. The smallest absolute Gasteiger partial charge is 0.406 e. The topological polar surface area (TPSA) is 64.6 Å². The van der Waals surface area contributed by atoms with Crippen LogP contribution in [-0.4, -0.2) is 34.5 Å². The summed E-state index contributed by atoms with van der Waals surface area (Å²) in [4.78, 5) is -0.317. The molecule has 1 N–H and O–H groups in total. The van der Waals surface area contributed by atoms with E-state index in [9.17, 15) is 21.6 Å². The van der Waals surface area contributed by atoms with Gasteiger partial charge in [-0.1, -0.05) is 6.07 Å². The van der Waals surface area contributed by atoms with Gasteiger partial charge in [-0.05, 0) is 19.1 Å². The lowest BCUT2D eigenvalue weighted by Crippen LogP contribution is -2.31. The van der Waals surface area contributed by atoms with Gasteiger partial charge in [0.1, 0.15) is 5.75 Å². The number of hydrogen-bond donors (Lipinski definition) is 1. The van der Waals surface area contributed by atoms with E-state index in [4.69, 9.17) is 4.74 Å². The molecule has 20 heavy (non-hydrogen) atoms. The van der Waals surface area contributed by atoms with Gasteiger partial charge in [-0.25, -0.2) is 13.1 Å². The van der Waals surface area contributed by atoms with Crippen LogP contribution in [0.4, 0.5) is 13.2 Å². The summed E-state index contributed by atoms with van der Waals surface area (Å²) in [5.74, 6) is -0.597. The molecule has 0 fully saturated rings. The zero-order valence-corrected chi connectivity index (χ0v) is 11.6. The number of ether oxygens (including phenoxy) is 2. The Labute approximate surface area is 114 Å². The summed E-state index contributed by atoms with van der Waals surface area (Å²) in [5.41, 5.74) is 0. The molecule has 0 amide bonds. The van der Waals surface area contributed by atoms with E-state index in [0.717, 1.165) is 18.2 Å². The van der Waals surface area contributed by atoms with Crippen molar-refractivity contribution in [3.05, 3.63) is 24.3 Å².